The van der Waals surface area contributed by atoms with Crippen molar-refractivity contribution in [1.82, 2.24) is 10.3 Å². The van der Waals surface area contributed by atoms with Crippen LogP contribution in [0.5, 0.6) is 5.88 Å². The molecule has 0 spiro atoms. The normalized spacial score (nSPS) is 19.9. The Kier molecular flexibility index (Phi) is 2.34. The molecule has 2 heterocycles. The number of carbonyl (C=O) groups excluding carboxylic acids is 1. The van der Waals surface area contributed by atoms with Crippen LogP contribution in [0.1, 0.15) is 29.9 Å². The molecule has 1 aliphatic heterocycles. The lowest BCUT2D eigenvalue weighted by atomic mass is 9.93. The van der Waals surface area contributed by atoms with Gasteiger partial charge in [0, 0.05) is 18.5 Å². The maximum atomic E-state index is 11.7. The van der Waals surface area contributed by atoms with Gasteiger partial charge in [0.25, 0.3) is 5.91 Å². The highest BCUT2D eigenvalue weighted by atomic mass is 16.3. The average molecular weight is 206 g/mol. The lowest BCUT2D eigenvalue weighted by molar-refractivity contribution is 0.0910. The molecule has 0 radical (unpaired) electrons. The first kappa shape index (κ1) is 9.96. The first-order chi connectivity index (χ1) is 7.08. The summed E-state index contributed by atoms with van der Waals surface area (Å²) in [5, 5.41) is 12.2. The molecule has 0 saturated carbocycles. The van der Waals surface area contributed by atoms with Gasteiger partial charge in [-0.3, -0.25) is 4.79 Å². The van der Waals surface area contributed by atoms with Gasteiger partial charge in [0.1, 0.15) is 0 Å². The van der Waals surface area contributed by atoms with Crippen molar-refractivity contribution in [3.8, 4) is 5.88 Å². The highest BCUT2D eigenvalue weighted by Gasteiger charge is 2.27. The van der Waals surface area contributed by atoms with Gasteiger partial charge in [-0.15, -0.1) is 0 Å². The zero-order chi connectivity index (χ0) is 11.0. The van der Waals surface area contributed by atoms with E-state index < -0.39 is 0 Å². The number of carbonyl (C=O) groups is 1. The second kappa shape index (κ2) is 3.53. The van der Waals surface area contributed by atoms with E-state index in [9.17, 15) is 9.90 Å². The van der Waals surface area contributed by atoms with Crippen LogP contribution in [0.4, 0.5) is 0 Å². The molecule has 0 fully saturated rings. The van der Waals surface area contributed by atoms with Crippen LogP contribution in [0.2, 0.25) is 0 Å². The summed E-state index contributed by atoms with van der Waals surface area (Å²) in [5.41, 5.74) is 1.27. The van der Waals surface area contributed by atoms with E-state index in [1.54, 1.807) is 6.07 Å². The van der Waals surface area contributed by atoms with Crippen LogP contribution in [-0.2, 0) is 6.42 Å². The Bertz CT molecular complexity index is 402. The molecular formula is C11H14N2O2. The van der Waals surface area contributed by atoms with Crippen molar-refractivity contribution in [2.24, 2.45) is 5.92 Å². The van der Waals surface area contributed by atoms with E-state index >= 15 is 0 Å². The van der Waals surface area contributed by atoms with E-state index in [-0.39, 0.29) is 17.8 Å². The highest BCUT2D eigenvalue weighted by Crippen LogP contribution is 2.20. The zero-order valence-electron chi connectivity index (χ0n) is 8.82. The number of rotatable bonds is 1. The molecule has 0 saturated heterocycles. The summed E-state index contributed by atoms with van der Waals surface area (Å²) in [6, 6.07) is 3.16. The number of aromatic nitrogens is 1. The molecule has 15 heavy (non-hydrogen) atoms. The minimum Gasteiger partial charge on any atom is -0.493 e. The number of aromatic hydroxyl groups is 1. The molecule has 1 aliphatic rings. The predicted molar refractivity (Wildman–Crippen MR) is 55.7 cm³/mol. The van der Waals surface area contributed by atoms with Gasteiger partial charge in [-0.25, -0.2) is 4.98 Å². The number of hydrogen-bond donors (Lipinski definition) is 2. The van der Waals surface area contributed by atoms with E-state index in [2.05, 4.69) is 24.1 Å². The standard InChI is InChI=1S/C11H14N2O2/c1-6(2)8-5-9-7(11(15)13-8)3-4-10(14)12-9/h3-4,6,8H,5H2,1-2H3,(H,12,14)(H,13,15). The molecule has 1 aromatic heterocycles. The van der Waals surface area contributed by atoms with Gasteiger partial charge in [-0.1, -0.05) is 13.8 Å². The number of amides is 1. The second-order valence-corrected chi connectivity index (χ2v) is 4.19. The van der Waals surface area contributed by atoms with Crippen LogP contribution in [0.3, 0.4) is 0 Å². The summed E-state index contributed by atoms with van der Waals surface area (Å²) < 4.78 is 0. The quantitative estimate of drug-likeness (QED) is 0.723. The summed E-state index contributed by atoms with van der Waals surface area (Å²) in [6.45, 7) is 4.11. The average Bonchev–Trinajstić information content (AvgIpc) is 2.16. The Morgan fingerprint density at radius 2 is 2.27 bits per heavy atom. The van der Waals surface area contributed by atoms with Gasteiger partial charge in [0.15, 0.2) is 0 Å². The summed E-state index contributed by atoms with van der Waals surface area (Å²) in [7, 11) is 0. The van der Waals surface area contributed by atoms with Gasteiger partial charge in [-0.2, -0.15) is 0 Å². The third kappa shape index (κ3) is 1.79. The second-order valence-electron chi connectivity index (χ2n) is 4.19. The summed E-state index contributed by atoms with van der Waals surface area (Å²) in [4.78, 5) is 15.7. The minimum absolute atomic E-state index is 0.0223. The fourth-order valence-electron chi connectivity index (χ4n) is 1.76. The third-order valence-electron chi connectivity index (χ3n) is 2.74. The van der Waals surface area contributed by atoms with Crippen molar-refractivity contribution in [3.63, 3.8) is 0 Å². The van der Waals surface area contributed by atoms with Crippen molar-refractivity contribution in [3.05, 3.63) is 23.4 Å². The molecule has 4 heteroatoms. The first-order valence-electron chi connectivity index (χ1n) is 5.07. The molecule has 2 N–H and O–H groups in total. The number of hydrogen-bond acceptors (Lipinski definition) is 3. The van der Waals surface area contributed by atoms with Gasteiger partial charge in [0.2, 0.25) is 5.88 Å². The summed E-state index contributed by atoms with van der Waals surface area (Å²) >= 11 is 0. The zero-order valence-corrected chi connectivity index (χ0v) is 8.82. The molecular weight excluding hydrogens is 192 g/mol. The fraction of sp³-hybridized carbons (Fsp3) is 0.455. The van der Waals surface area contributed by atoms with Crippen molar-refractivity contribution in [2.45, 2.75) is 26.3 Å². The molecule has 4 nitrogen and oxygen atoms in total. The Morgan fingerprint density at radius 1 is 1.53 bits per heavy atom. The summed E-state index contributed by atoms with van der Waals surface area (Å²) in [6.07, 6.45) is 0.688. The Morgan fingerprint density at radius 3 is 2.93 bits per heavy atom. The van der Waals surface area contributed by atoms with Crippen LogP contribution in [0.15, 0.2) is 12.1 Å². The lowest BCUT2D eigenvalue weighted by Crippen LogP contribution is -2.44. The van der Waals surface area contributed by atoms with Gasteiger partial charge in [-0.05, 0) is 12.0 Å². The molecule has 0 aliphatic carbocycles. The predicted octanol–water partition coefficient (Wildman–Crippen LogP) is 1.10. The van der Waals surface area contributed by atoms with Gasteiger partial charge in [0.05, 0.1) is 11.3 Å². The molecule has 0 aromatic carbocycles. The first-order valence-corrected chi connectivity index (χ1v) is 5.07. The largest absolute Gasteiger partial charge is 0.493 e. The maximum absolute atomic E-state index is 11.7. The van der Waals surface area contributed by atoms with Crippen molar-refractivity contribution >= 4 is 5.91 Å². The fourth-order valence-corrected chi connectivity index (χ4v) is 1.76. The Hall–Kier alpha value is -1.58. The van der Waals surface area contributed by atoms with Gasteiger partial charge >= 0.3 is 0 Å². The van der Waals surface area contributed by atoms with E-state index in [0.717, 1.165) is 0 Å². The number of nitrogens with one attached hydrogen (secondary N) is 1. The van der Waals surface area contributed by atoms with E-state index in [1.807, 2.05) is 0 Å². The number of pyridine rings is 1. The highest BCUT2D eigenvalue weighted by molar-refractivity contribution is 5.96. The molecule has 80 valence electrons. The van der Waals surface area contributed by atoms with E-state index in [1.165, 1.54) is 6.07 Å². The van der Waals surface area contributed by atoms with E-state index in [4.69, 9.17) is 0 Å². The molecule has 1 aromatic rings. The Labute approximate surface area is 88.3 Å². The van der Waals surface area contributed by atoms with Crippen LogP contribution >= 0.6 is 0 Å². The molecule has 2 rings (SSSR count). The SMILES string of the molecule is CC(C)C1Cc2nc(O)ccc2C(=O)N1. The molecule has 1 amide bonds. The monoisotopic (exact) mass is 206 g/mol. The summed E-state index contributed by atoms with van der Waals surface area (Å²) in [5.74, 6) is 0.250. The molecule has 1 atom stereocenters. The van der Waals surface area contributed by atoms with Crippen LogP contribution in [-0.4, -0.2) is 22.0 Å². The third-order valence-corrected chi connectivity index (χ3v) is 2.74. The van der Waals surface area contributed by atoms with E-state index in [0.29, 0.717) is 23.6 Å². The maximum Gasteiger partial charge on any atom is 0.253 e. The lowest BCUT2D eigenvalue weighted by Gasteiger charge is -2.27. The van der Waals surface area contributed by atoms with Crippen LogP contribution < -0.4 is 5.32 Å². The van der Waals surface area contributed by atoms with Crippen LogP contribution in [0, 0.1) is 5.92 Å². The van der Waals surface area contributed by atoms with Crippen molar-refractivity contribution in [1.29, 1.82) is 0 Å². The van der Waals surface area contributed by atoms with Crippen LogP contribution in [0.25, 0.3) is 0 Å². The topological polar surface area (TPSA) is 62.2 Å². The minimum atomic E-state index is -0.0950. The van der Waals surface area contributed by atoms with Gasteiger partial charge < -0.3 is 10.4 Å². The molecule has 1 unspecified atom stereocenters. The number of nitrogens with zero attached hydrogens (tertiary/aromatic N) is 1. The Balaban J connectivity index is 2.37. The number of fused-ring (bicyclic) bond motifs is 1. The molecule has 0 bridgehead atoms. The smallest absolute Gasteiger partial charge is 0.253 e. The van der Waals surface area contributed by atoms with Crippen molar-refractivity contribution in [2.75, 3.05) is 0 Å². The van der Waals surface area contributed by atoms with Crippen molar-refractivity contribution < 1.29 is 9.90 Å².